The molecule has 98 valence electrons. The van der Waals surface area contributed by atoms with Crippen molar-refractivity contribution in [3.63, 3.8) is 0 Å². The summed E-state index contributed by atoms with van der Waals surface area (Å²) in [6.07, 6.45) is 0.0680. The molecule has 0 spiro atoms. The predicted molar refractivity (Wildman–Crippen MR) is 57.1 cm³/mol. The molecule has 0 aliphatic heterocycles. The topological polar surface area (TPSA) is 55.4 Å². The van der Waals surface area contributed by atoms with Gasteiger partial charge in [-0.2, -0.15) is 4.72 Å². The molecule has 18 heavy (non-hydrogen) atoms. The van der Waals surface area contributed by atoms with Crippen LogP contribution in [0.3, 0.4) is 0 Å². The molecule has 0 unspecified atom stereocenters. The normalized spacial score (nSPS) is 11.9. The summed E-state index contributed by atoms with van der Waals surface area (Å²) in [7, 11) is -3.81. The van der Waals surface area contributed by atoms with Crippen molar-refractivity contribution < 1.29 is 26.3 Å². The Labute approximate surface area is 102 Å². The summed E-state index contributed by atoms with van der Waals surface area (Å²) in [6, 6.07) is 3.77. The van der Waals surface area contributed by atoms with Gasteiger partial charge < -0.3 is 4.74 Å². The third kappa shape index (κ3) is 4.27. The van der Waals surface area contributed by atoms with E-state index in [2.05, 4.69) is 15.4 Å². The van der Waals surface area contributed by atoms with Crippen LogP contribution in [-0.2, 0) is 10.0 Å². The van der Waals surface area contributed by atoms with Crippen LogP contribution in [0.2, 0.25) is 0 Å². The van der Waals surface area contributed by atoms with Crippen LogP contribution in [0.1, 0.15) is 0 Å². The molecule has 0 radical (unpaired) electrons. The van der Waals surface area contributed by atoms with Crippen LogP contribution in [0.25, 0.3) is 0 Å². The Balaban J connectivity index is 2.87. The summed E-state index contributed by atoms with van der Waals surface area (Å²) in [5.41, 5.74) is 0. The molecule has 1 N–H and O–H groups in total. The number of rotatable bonds is 4. The fourth-order valence-electron chi connectivity index (χ4n) is 1.04. The first kappa shape index (κ1) is 14.3. The van der Waals surface area contributed by atoms with E-state index >= 15 is 0 Å². The Bertz CT molecular complexity index is 543. The van der Waals surface area contributed by atoms with Crippen molar-refractivity contribution in [1.82, 2.24) is 4.72 Å². The van der Waals surface area contributed by atoms with Crippen molar-refractivity contribution >= 4 is 10.0 Å². The van der Waals surface area contributed by atoms with E-state index in [9.17, 15) is 21.6 Å². The van der Waals surface area contributed by atoms with Gasteiger partial charge in [-0.1, -0.05) is 5.92 Å². The van der Waals surface area contributed by atoms with Crippen molar-refractivity contribution in [2.75, 3.05) is 6.54 Å². The summed E-state index contributed by atoms with van der Waals surface area (Å²) < 4.78 is 64.3. The zero-order chi connectivity index (χ0) is 13.8. The molecule has 0 heterocycles. The molecule has 0 amide bonds. The van der Waals surface area contributed by atoms with Crippen LogP contribution < -0.4 is 9.46 Å². The van der Waals surface area contributed by atoms with Crippen molar-refractivity contribution in [2.45, 2.75) is 11.3 Å². The molecular formula is C10H8F3NO3S. The van der Waals surface area contributed by atoms with Crippen LogP contribution in [0.4, 0.5) is 13.2 Å². The molecule has 1 rings (SSSR count). The van der Waals surface area contributed by atoms with Gasteiger partial charge in [-0.3, -0.25) is 0 Å². The standard InChI is InChI=1S/C10H8F3NO3S/c1-2-7-14-18(15,16)9-5-3-8(4-6-9)17-10(11,12)13/h1,3-6,14H,7H2. The van der Waals surface area contributed by atoms with Gasteiger partial charge in [0.25, 0.3) is 0 Å². The van der Waals surface area contributed by atoms with E-state index < -0.39 is 22.1 Å². The van der Waals surface area contributed by atoms with Gasteiger partial charge in [0.1, 0.15) is 5.75 Å². The minimum absolute atomic E-state index is 0.202. The maximum atomic E-state index is 11.9. The molecule has 0 saturated carbocycles. The summed E-state index contributed by atoms with van der Waals surface area (Å²) >= 11 is 0. The van der Waals surface area contributed by atoms with Crippen LogP contribution in [0.5, 0.6) is 5.75 Å². The molecular weight excluding hydrogens is 271 g/mol. The van der Waals surface area contributed by atoms with E-state index in [0.29, 0.717) is 0 Å². The number of hydrogen-bond donors (Lipinski definition) is 1. The highest BCUT2D eigenvalue weighted by atomic mass is 32.2. The number of benzene rings is 1. The Morgan fingerprint density at radius 3 is 2.28 bits per heavy atom. The second-order valence-electron chi connectivity index (χ2n) is 3.05. The minimum atomic E-state index is -4.82. The molecule has 0 atom stereocenters. The number of hydrogen-bond acceptors (Lipinski definition) is 3. The average Bonchev–Trinajstić information content (AvgIpc) is 2.25. The summed E-state index contributed by atoms with van der Waals surface area (Å²) in [6.45, 7) is -0.205. The quantitative estimate of drug-likeness (QED) is 0.850. The third-order valence-corrected chi connectivity index (χ3v) is 3.15. The molecule has 8 heteroatoms. The number of sulfonamides is 1. The smallest absolute Gasteiger partial charge is 0.406 e. The van der Waals surface area contributed by atoms with Crippen LogP contribution in [0.15, 0.2) is 29.2 Å². The first-order chi connectivity index (χ1) is 8.24. The second-order valence-corrected chi connectivity index (χ2v) is 4.81. The monoisotopic (exact) mass is 279 g/mol. The minimum Gasteiger partial charge on any atom is -0.406 e. The number of terminal acetylenes is 1. The van der Waals surface area contributed by atoms with E-state index in [1.54, 1.807) is 0 Å². The van der Waals surface area contributed by atoms with E-state index in [4.69, 9.17) is 6.42 Å². The number of nitrogens with one attached hydrogen (secondary N) is 1. The average molecular weight is 279 g/mol. The highest BCUT2D eigenvalue weighted by Crippen LogP contribution is 2.23. The summed E-state index contributed by atoms with van der Waals surface area (Å²) in [4.78, 5) is -0.202. The largest absolute Gasteiger partial charge is 0.573 e. The van der Waals surface area contributed by atoms with Gasteiger partial charge in [0.2, 0.25) is 10.0 Å². The van der Waals surface area contributed by atoms with Crippen molar-refractivity contribution in [1.29, 1.82) is 0 Å². The Morgan fingerprint density at radius 1 is 1.28 bits per heavy atom. The number of halogens is 3. The molecule has 1 aromatic carbocycles. The lowest BCUT2D eigenvalue weighted by molar-refractivity contribution is -0.274. The van der Waals surface area contributed by atoms with Crippen molar-refractivity contribution in [2.24, 2.45) is 0 Å². The molecule has 0 fully saturated rings. The van der Waals surface area contributed by atoms with Gasteiger partial charge in [0.05, 0.1) is 11.4 Å². The van der Waals surface area contributed by atoms with Gasteiger partial charge in [0, 0.05) is 0 Å². The summed E-state index contributed by atoms with van der Waals surface area (Å²) in [5.74, 6) is 1.57. The lowest BCUT2D eigenvalue weighted by atomic mass is 10.3. The zero-order valence-corrected chi connectivity index (χ0v) is 9.68. The van der Waals surface area contributed by atoms with Crippen LogP contribution in [0, 0.1) is 12.3 Å². The highest BCUT2D eigenvalue weighted by molar-refractivity contribution is 7.89. The molecule has 0 aliphatic rings. The Kier molecular flexibility index (Phi) is 4.21. The molecule has 0 aliphatic carbocycles. The maximum Gasteiger partial charge on any atom is 0.573 e. The van der Waals surface area contributed by atoms with Gasteiger partial charge in [-0.05, 0) is 24.3 Å². The highest BCUT2D eigenvalue weighted by Gasteiger charge is 2.31. The lowest BCUT2D eigenvalue weighted by Gasteiger charge is -2.09. The molecule has 4 nitrogen and oxygen atoms in total. The van der Waals surface area contributed by atoms with Gasteiger partial charge >= 0.3 is 6.36 Å². The molecule has 1 aromatic rings. The first-order valence-corrected chi connectivity index (χ1v) is 6.02. The maximum absolute atomic E-state index is 11.9. The second kappa shape index (κ2) is 5.29. The van der Waals surface area contributed by atoms with Crippen molar-refractivity contribution in [3.8, 4) is 18.1 Å². The van der Waals surface area contributed by atoms with Gasteiger partial charge in [0.15, 0.2) is 0 Å². The Hall–Kier alpha value is -1.72. The predicted octanol–water partition coefficient (Wildman–Crippen LogP) is 1.50. The SMILES string of the molecule is C#CCNS(=O)(=O)c1ccc(OC(F)(F)F)cc1. The molecule has 0 aromatic heterocycles. The van der Waals surface area contributed by atoms with Gasteiger partial charge in [-0.15, -0.1) is 19.6 Å². The fourth-order valence-corrected chi connectivity index (χ4v) is 1.97. The van der Waals surface area contributed by atoms with E-state index in [-0.39, 0.29) is 11.4 Å². The number of ether oxygens (including phenoxy) is 1. The number of alkyl halides is 3. The van der Waals surface area contributed by atoms with Crippen molar-refractivity contribution in [3.05, 3.63) is 24.3 Å². The zero-order valence-electron chi connectivity index (χ0n) is 8.86. The van der Waals surface area contributed by atoms with Crippen LogP contribution in [-0.4, -0.2) is 21.3 Å². The third-order valence-electron chi connectivity index (χ3n) is 1.73. The van der Waals surface area contributed by atoms with E-state index in [1.165, 1.54) is 0 Å². The van der Waals surface area contributed by atoms with E-state index in [1.807, 2.05) is 0 Å². The van der Waals surface area contributed by atoms with Gasteiger partial charge in [-0.25, -0.2) is 8.42 Å². The van der Waals surface area contributed by atoms with Crippen LogP contribution >= 0.6 is 0 Å². The van der Waals surface area contributed by atoms with E-state index in [0.717, 1.165) is 24.3 Å². The lowest BCUT2D eigenvalue weighted by Crippen LogP contribution is -2.24. The Morgan fingerprint density at radius 2 is 1.83 bits per heavy atom. The molecule has 0 saturated heterocycles. The molecule has 0 bridgehead atoms. The first-order valence-electron chi connectivity index (χ1n) is 4.53. The summed E-state index contributed by atoms with van der Waals surface area (Å²) in [5, 5.41) is 0. The fraction of sp³-hybridized carbons (Fsp3) is 0.200.